The molecule has 0 saturated carbocycles. The molecule has 0 atom stereocenters. The monoisotopic (exact) mass is 367 g/mol. The van der Waals surface area contributed by atoms with Crippen molar-refractivity contribution >= 4 is 11.9 Å². The largest absolute Gasteiger partial charge is 1.00 e. The van der Waals surface area contributed by atoms with Crippen molar-refractivity contribution in [3.63, 3.8) is 0 Å². The Morgan fingerprint density at radius 3 is 2.00 bits per heavy atom. The Kier molecular flexibility index (Phi) is 21.9. The van der Waals surface area contributed by atoms with Gasteiger partial charge < -0.3 is 15.5 Å². The van der Waals surface area contributed by atoms with Crippen molar-refractivity contribution in [1.82, 2.24) is 10.2 Å². The van der Waals surface area contributed by atoms with Gasteiger partial charge in [0.25, 0.3) is 0 Å². The Hall–Kier alpha value is -0.140. The van der Waals surface area contributed by atoms with E-state index >= 15 is 0 Å². The molecular formula is C18H36N2NaO4+. The van der Waals surface area contributed by atoms with Crippen LogP contribution in [0.3, 0.4) is 0 Å². The molecule has 0 bridgehead atoms. The van der Waals surface area contributed by atoms with E-state index in [4.69, 9.17) is 10.2 Å². The molecule has 0 radical (unpaired) electrons. The van der Waals surface area contributed by atoms with E-state index in [1.807, 2.05) is 0 Å². The van der Waals surface area contributed by atoms with Crippen LogP contribution in [0.25, 0.3) is 0 Å². The molecule has 0 aliphatic heterocycles. The van der Waals surface area contributed by atoms with Gasteiger partial charge in [0.2, 0.25) is 5.91 Å². The molecule has 0 aliphatic rings. The Morgan fingerprint density at radius 2 is 1.48 bits per heavy atom. The quantitative estimate of drug-likeness (QED) is 0.236. The van der Waals surface area contributed by atoms with E-state index in [0.29, 0.717) is 26.1 Å². The normalized spacial score (nSPS) is 10.5. The fraction of sp³-hybridized carbons (Fsp3) is 0.889. The topological polar surface area (TPSA) is 89.9 Å². The van der Waals surface area contributed by atoms with Crippen LogP contribution in [-0.4, -0.2) is 59.8 Å². The molecule has 7 heteroatoms. The zero-order valence-corrected chi connectivity index (χ0v) is 18.3. The number of amides is 1. The summed E-state index contributed by atoms with van der Waals surface area (Å²) in [6, 6.07) is 0. The molecule has 6 nitrogen and oxygen atoms in total. The van der Waals surface area contributed by atoms with Crippen molar-refractivity contribution in [1.29, 1.82) is 0 Å². The van der Waals surface area contributed by atoms with E-state index in [0.717, 1.165) is 12.8 Å². The fourth-order valence-electron chi connectivity index (χ4n) is 2.64. The summed E-state index contributed by atoms with van der Waals surface area (Å²) in [5.74, 6) is -0.901. The second kappa shape index (κ2) is 20.2. The summed E-state index contributed by atoms with van der Waals surface area (Å²) < 4.78 is 0. The number of aliphatic hydroxyl groups excluding tert-OH is 1. The number of aliphatic hydroxyl groups is 1. The number of rotatable bonds is 17. The molecule has 25 heavy (non-hydrogen) atoms. The van der Waals surface area contributed by atoms with Crippen LogP contribution in [0.5, 0.6) is 0 Å². The number of hydrogen-bond acceptors (Lipinski definition) is 4. The zero-order valence-electron chi connectivity index (χ0n) is 16.3. The van der Waals surface area contributed by atoms with Gasteiger partial charge in [-0.2, -0.15) is 0 Å². The number of carboxylic acid groups (broad SMARTS) is 1. The van der Waals surface area contributed by atoms with E-state index in [2.05, 4.69) is 12.2 Å². The standard InChI is InChI=1S/C18H36N2O4.Na/c1-2-3-4-5-6-7-8-9-10-11-17(22)19-12-13-20(14-15-21)16-18(23)24;/h21H,2-16H2,1H3,(H,19,22)(H,23,24);/q;+1. The molecule has 0 heterocycles. The van der Waals surface area contributed by atoms with E-state index in [1.54, 1.807) is 4.90 Å². The Bertz CT molecular complexity index is 330. The first-order chi connectivity index (χ1) is 11.6. The molecule has 0 fully saturated rings. The molecule has 0 aliphatic carbocycles. The first kappa shape index (κ1) is 27.1. The molecule has 0 saturated heterocycles. The number of carbonyl (C=O) groups is 2. The van der Waals surface area contributed by atoms with Gasteiger partial charge >= 0.3 is 35.5 Å². The maximum Gasteiger partial charge on any atom is 1.00 e. The van der Waals surface area contributed by atoms with Crippen LogP contribution in [0.2, 0.25) is 0 Å². The minimum absolute atomic E-state index is 0. The van der Waals surface area contributed by atoms with E-state index in [1.165, 1.54) is 44.9 Å². The van der Waals surface area contributed by atoms with Crippen LogP contribution in [0.4, 0.5) is 0 Å². The maximum atomic E-state index is 11.7. The van der Waals surface area contributed by atoms with E-state index in [9.17, 15) is 9.59 Å². The van der Waals surface area contributed by atoms with Gasteiger partial charge in [0.1, 0.15) is 0 Å². The van der Waals surface area contributed by atoms with Gasteiger partial charge in [-0.3, -0.25) is 14.5 Å². The average molecular weight is 367 g/mol. The zero-order chi connectivity index (χ0) is 18.0. The van der Waals surface area contributed by atoms with Gasteiger partial charge in [0, 0.05) is 26.1 Å². The Morgan fingerprint density at radius 1 is 0.920 bits per heavy atom. The second-order valence-corrected chi connectivity index (χ2v) is 6.32. The van der Waals surface area contributed by atoms with Gasteiger partial charge in [0.05, 0.1) is 13.2 Å². The van der Waals surface area contributed by atoms with Crippen LogP contribution in [0.15, 0.2) is 0 Å². The summed E-state index contributed by atoms with van der Waals surface area (Å²) >= 11 is 0. The van der Waals surface area contributed by atoms with Crippen molar-refractivity contribution < 1.29 is 49.4 Å². The van der Waals surface area contributed by atoms with Crippen molar-refractivity contribution in [2.45, 2.75) is 71.1 Å². The van der Waals surface area contributed by atoms with Crippen molar-refractivity contribution in [2.75, 3.05) is 32.8 Å². The maximum absolute atomic E-state index is 11.7. The SMILES string of the molecule is CCCCCCCCCCCC(=O)NCCN(CCO)CC(=O)O.[Na+]. The summed E-state index contributed by atoms with van der Waals surface area (Å²) in [5.41, 5.74) is 0. The number of aliphatic carboxylic acids is 1. The third-order valence-electron chi connectivity index (χ3n) is 4.03. The fourth-order valence-corrected chi connectivity index (χ4v) is 2.64. The van der Waals surface area contributed by atoms with Gasteiger partial charge in [-0.25, -0.2) is 0 Å². The minimum atomic E-state index is -0.926. The van der Waals surface area contributed by atoms with Crippen LogP contribution in [-0.2, 0) is 9.59 Å². The minimum Gasteiger partial charge on any atom is -0.480 e. The third kappa shape index (κ3) is 20.0. The summed E-state index contributed by atoms with van der Waals surface area (Å²) in [4.78, 5) is 24.0. The predicted octanol–water partition coefficient (Wildman–Crippen LogP) is -0.594. The summed E-state index contributed by atoms with van der Waals surface area (Å²) in [6.45, 7) is 3.19. The molecule has 0 unspecified atom stereocenters. The van der Waals surface area contributed by atoms with E-state index < -0.39 is 5.97 Å². The molecule has 0 aromatic rings. The van der Waals surface area contributed by atoms with E-state index in [-0.39, 0.29) is 48.6 Å². The number of hydrogen-bond donors (Lipinski definition) is 3. The number of unbranched alkanes of at least 4 members (excludes halogenated alkanes) is 8. The predicted molar refractivity (Wildman–Crippen MR) is 96.0 cm³/mol. The molecule has 1 amide bonds. The number of nitrogens with one attached hydrogen (secondary N) is 1. The second-order valence-electron chi connectivity index (χ2n) is 6.32. The molecule has 0 aromatic carbocycles. The third-order valence-corrected chi connectivity index (χ3v) is 4.03. The molecule has 142 valence electrons. The summed E-state index contributed by atoms with van der Waals surface area (Å²) in [6.07, 6.45) is 11.6. The van der Waals surface area contributed by atoms with Gasteiger partial charge in [-0.05, 0) is 6.42 Å². The van der Waals surface area contributed by atoms with Crippen molar-refractivity contribution in [3.8, 4) is 0 Å². The number of nitrogens with zero attached hydrogens (tertiary/aromatic N) is 1. The van der Waals surface area contributed by atoms with Gasteiger partial charge in [-0.15, -0.1) is 0 Å². The first-order valence-electron chi connectivity index (χ1n) is 9.41. The summed E-state index contributed by atoms with van der Waals surface area (Å²) in [7, 11) is 0. The Balaban J connectivity index is 0. The molecule has 0 spiro atoms. The molecular weight excluding hydrogens is 331 g/mol. The molecule has 0 aromatic heterocycles. The van der Waals surface area contributed by atoms with Crippen molar-refractivity contribution in [2.24, 2.45) is 0 Å². The van der Waals surface area contributed by atoms with Gasteiger partial charge in [-0.1, -0.05) is 58.3 Å². The summed E-state index contributed by atoms with van der Waals surface area (Å²) in [5, 5.41) is 20.5. The van der Waals surface area contributed by atoms with Crippen LogP contribution >= 0.6 is 0 Å². The molecule has 0 rings (SSSR count). The van der Waals surface area contributed by atoms with Gasteiger partial charge in [0.15, 0.2) is 0 Å². The smallest absolute Gasteiger partial charge is 0.480 e. The number of carboxylic acids is 1. The average Bonchev–Trinajstić information content (AvgIpc) is 2.53. The number of carbonyl (C=O) groups excluding carboxylic acids is 1. The Labute approximate surface area is 175 Å². The van der Waals surface area contributed by atoms with Crippen LogP contribution in [0.1, 0.15) is 71.1 Å². The first-order valence-corrected chi connectivity index (χ1v) is 9.41. The van der Waals surface area contributed by atoms with Crippen LogP contribution < -0.4 is 34.9 Å². The van der Waals surface area contributed by atoms with Crippen LogP contribution in [0, 0.1) is 0 Å². The molecule has 3 N–H and O–H groups in total. The van der Waals surface area contributed by atoms with Crippen molar-refractivity contribution in [3.05, 3.63) is 0 Å².